The van der Waals surface area contributed by atoms with Gasteiger partial charge in [-0.1, -0.05) is 35.9 Å². The van der Waals surface area contributed by atoms with Crippen molar-refractivity contribution < 1.29 is 9.18 Å². The zero-order chi connectivity index (χ0) is 23.4. The Hall–Kier alpha value is -3.48. The number of nitrogens with zero attached hydrogens (tertiary/aromatic N) is 4. The maximum atomic E-state index is 13.5. The van der Waals surface area contributed by atoms with Crippen LogP contribution in [0.15, 0.2) is 48.5 Å². The van der Waals surface area contributed by atoms with E-state index < -0.39 is 0 Å². The molecular weight excluding hydrogens is 417 g/mol. The zero-order valence-electron chi connectivity index (χ0n) is 19.4. The molecule has 1 aromatic heterocycles. The molecule has 1 aliphatic heterocycles. The molecule has 0 bridgehead atoms. The third-order valence-electron chi connectivity index (χ3n) is 5.96. The predicted octanol–water partition coefficient (Wildman–Crippen LogP) is 4.88. The molecule has 172 valence electrons. The largest absolute Gasteiger partial charge is 0.354 e. The number of hydrogen-bond donors (Lipinski definition) is 1. The molecule has 6 nitrogen and oxygen atoms in total. The zero-order valence-corrected chi connectivity index (χ0v) is 19.4. The Bertz CT molecular complexity index is 1130. The maximum Gasteiger partial charge on any atom is 0.321 e. The van der Waals surface area contributed by atoms with Crippen molar-refractivity contribution in [3.05, 3.63) is 82.6 Å². The summed E-state index contributed by atoms with van der Waals surface area (Å²) in [6.07, 6.45) is 1.59. The van der Waals surface area contributed by atoms with Gasteiger partial charge in [-0.15, -0.1) is 0 Å². The van der Waals surface area contributed by atoms with Crippen molar-refractivity contribution in [2.75, 3.05) is 36.4 Å². The first-order valence-corrected chi connectivity index (χ1v) is 11.3. The fourth-order valence-electron chi connectivity index (χ4n) is 4.20. The van der Waals surface area contributed by atoms with E-state index in [1.54, 1.807) is 17.0 Å². The first-order valence-electron chi connectivity index (χ1n) is 11.3. The molecule has 2 amide bonds. The number of amides is 2. The predicted molar refractivity (Wildman–Crippen MR) is 129 cm³/mol. The minimum atomic E-state index is -0.370. The van der Waals surface area contributed by atoms with Crippen molar-refractivity contribution in [1.82, 2.24) is 14.9 Å². The topological polar surface area (TPSA) is 61.4 Å². The first-order chi connectivity index (χ1) is 15.9. The van der Waals surface area contributed by atoms with Gasteiger partial charge in [0, 0.05) is 49.5 Å². The van der Waals surface area contributed by atoms with E-state index >= 15 is 0 Å². The molecule has 0 saturated carbocycles. The summed E-state index contributed by atoms with van der Waals surface area (Å²) in [5, 5.41) is 2.80. The average molecular weight is 448 g/mol. The van der Waals surface area contributed by atoms with Crippen LogP contribution in [0.2, 0.25) is 0 Å². The molecule has 1 N–H and O–H groups in total. The second-order valence-corrected chi connectivity index (χ2v) is 8.59. The summed E-state index contributed by atoms with van der Waals surface area (Å²) >= 11 is 0. The van der Waals surface area contributed by atoms with E-state index in [4.69, 9.17) is 4.98 Å². The standard InChI is InChI=1S/C26H30FN5O/c1-18-8-10-21(11-9-18)16-24-19(2)28-20(3)29-25(24)31-12-5-13-32(15-14-31)26(33)30-23-7-4-6-22(27)17-23/h4,6-11,17H,5,12-16H2,1-3H3,(H,30,33). The van der Waals surface area contributed by atoms with Crippen molar-refractivity contribution in [3.8, 4) is 0 Å². The number of rotatable bonds is 4. The lowest BCUT2D eigenvalue weighted by molar-refractivity contribution is 0.215. The highest BCUT2D eigenvalue weighted by molar-refractivity contribution is 5.89. The van der Waals surface area contributed by atoms with Gasteiger partial charge in [-0.2, -0.15) is 0 Å². The van der Waals surface area contributed by atoms with Crippen LogP contribution in [0.1, 0.15) is 34.6 Å². The lowest BCUT2D eigenvalue weighted by Crippen LogP contribution is -2.38. The SMILES string of the molecule is Cc1ccc(Cc2c(C)nc(C)nc2N2CCCN(C(=O)Nc3cccc(F)c3)CC2)cc1. The molecule has 0 aliphatic carbocycles. The number of nitrogens with one attached hydrogen (secondary N) is 1. The Balaban J connectivity index is 1.50. The van der Waals surface area contributed by atoms with E-state index in [1.165, 1.54) is 23.3 Å². The van der Waals surface area contributed by atoms with Crippen LogP contribution in [0.25, 0.3) is 0 Å². The van der Waals surface area contributed by atoms with Crippen molar-refractivity contribution >= 4 is 17.5 Å². The van der Waals surface area contributed by atoms with E-state index in [-0.39, 0.29) is 11.8 Å². The summed E-state index contributed by atoms with van der Waals surface area (Å²) in [6.45, 7) is 8.72. The fraction of sp³-hybridized carbons (Fsp3) is 0.346. The fourth-order valence-corrected chi connectivity index (χ4v) is 4.20. The minimum Gasteiger partial charge on any atom is -0.354 e. The van der Waals surface area contributed by atoms with Crippen LogP contribution < -0.4 is 10.2 Å². The first kappa shape index (κ1) is 22.7. The lowest BCUT2D eigenvalue weighted by Gasteiger charge is -2.26. The van der Waals surface area contributed by atoms with E-state index in [9.17, 15) is 9.18 Å². The number of aromatic nitrogens is 2. The van der Waals surface area contributed by atoms with Gasteiger partial charge in [0.2, 0.25) is 0 Å². The van der Waals surface area contributed by atoms with Crippen LogP contribution in [-0.2, 0) is 6.42 Å². The van der Waals surface area contributed by atoms with Crippen molar-refractivity contribution in [1.29, 1.82) is 0 Å². The van der Waals surface area contributed by atoms with Crippen LogP contribution in [0.4, 0.5) is 20.7 Å². The van der Waals surface area contributed by atoms with Crippen LogP contribution in [0.5, 0.6) is 0 Å². The van der Waals surface area contributed by atoms with E-state index in [2.05, 4.69) is 46.4 Å². The van der Waals surface area contributed by atoms with Gasteiger partial charge in [0.05, 0.1) is 0 Å². The van der Waals surface area contributed by atoms with Crippen LogP contribution in [0, 0.1) is 26.6 Å². The molecule has 4 rings (SSSR count). The van der Waals surface area contributed by atoms with Gasteiger partial charge in [0.1, 0.15) is 17.5 Å². The van der Waals surface area contributed by atoms with E-state index in [1.807, 2.05) is 13.8 Å². The minimum absolute atomic E-state index is 0.211. The van der Waals surface area contributed by atoms with Gasteiger partial charge >= 0.3 is 6.03 Å². The summed E-state index contributed by atoms with van der Waals surface area (Å²) in [7, 11) is 0. The highest BCUT2D eigenvalue weighted by Crippen LogP contribution is 2.25. The molecule has 7 heteroatoms. The quantitative estimate of drug-likeness (QED) is 0.620. The van der Waals surface area contributed by atoms with Crippen LogP contribution in [0.3, 0.4) is 0 Å². The molecule has 1 aliphatic rings. The van der Waals surface area contributed by atoms with Crippen LogP contribution in [-0.4, -0.2) is 47.1 Å². The highest BCUT2D eigenvalue weighted by Gasteiger charge is 2.23. The summed E-state index contributed by atoms with van der Waals surface area (Å²) in [4.78, 5) is 26.2. The van der Waals surface area contributed by atoms with Crippen LogP contribution >= 0.6 is 0 Å². The molecular formula is C26H30FN5O. The number of benzene rings is 2. The Morgan fingerprint density at radius 2 is 1.79 bits per heavy atom. The Morgan fingerprint density at radius 3 is 2.55 bits per heavy atom. The number of anilines is 2. The molecule has 3 aromatic rings. The van der Waals surface area contributed by atoms with Gasteiger partial charge in [-0.25, -0.2) is 19.2 Å². The molecule has 33 heavy (non-hydrogen) atoms. The van der Waals surface area contributed by atoms with Gasteiger partial charge in [0.15, 0.2) is 0 Å². The Morgan fingerprint density at radius 1 is 1.00 bits per heavy atom. The molecule has 2 aromatic carbocycles. The summed E-state index contributed by atoms with van der Waals surface area (Å²) in [5.74, 6) is 1.33. The number of carbonyl (C=O) groups is 1. The molecule has 0 unspecified atom stereocenters. The summed E-state index contributed by atoms with van der Waals surface area (Å²) < 4.78 is 13.5. The highest BCUT2D eigenvalue weighted by atomic mass is 19.1. The third kappa shape index (κ3) is 5.66. The van der Waals surface area contributed by atoms with Gasteiger partial charge in [0.25, 0.3) is 0 Å². The smallest absolute Gasteiger partial charge is 0.321 e. The Labute approximate surface area is 194 Å². The van der Waals surface area contributed by atoms with E-state index in [0.717, 1.165) is 42.3 Å². The number of carbonyl (C=O) groups excluding carboxylic acids is 1. The summed E-state index contributed by atoms with van der Waals surface area (Å²) in [5.41, 5.74) is 5.04. The maximum absolute atomic E-state index is 13.5. The van der Waals surface area contributed by atoms with Crippen molar-refractivity contribution in [2.45, 2.75) is 33.6 Å². The molecule has 0 radical (unpaired) electrons. The molecule has 2 heterocycles. The molecule has 0 spiro atoms. The number of urea groups is 1. The van der Waals surface area contributed by atoms with Gasteiger partial charge in [-0.05, 0) is 51.0 Å². The molecule has 1 saturated heterocycles. The van der Waals surface area contributed by atoms with Crippen molar-refractivity contribution in [2.24, 2.45) is 0 Å². The average Bonchev–Trinajstić information content (AvgIpc) is 3.03. The molecule has 1 fully saturated rings. The van der Waals surface area contributed by atoms with Gasteiger partial charge < -0.3 is 15.1 Å². The second-order valence-electron chi connectivity index (χ2n) is 8.59. The molecule has 0 atom stereocenters. The third-order valence-corrected chi connectivity index (χ3v) is 5.96. The second kappa shape index (κ2) is 9.98. The summed E-state index contributed by atoms with van der Waals surface area (Å²) in [6, 6.07) is 14.3. The number of halogens is 1. The lowest BCUT2D eigenvalue weighted by atomic mass is 10.0. The number of aryl methyl sites for hydroxylation is 3. The van der Waals surface area contributed by atoms with Gasteiger partial charge in [-0.3, -0.25) is 0 Å². The monoisotopic (exact) mass is 447 g/mol. The van der Waals surface area contributed by atoms with E-state index in [0.29, 0.717) is 25.3 Å². The normalized spacial score (nSPS) is 14.2. The number of hydrogen-bond acceptors (Lipinski definition) is 4. The Kier molecular flexibility index (Phi) is 6.87. The van der Waals surface area contributed by atoms with Crippen molar-refractivity contribution in [3.63, 3.8) is 0 Å².